The van der Waals surface area contributed by atoms with Crippen LogP contribution in [0.25, 0.3) is 0 Å². The second-order valence-corrected chi connectivity index (χ2v) is 5.64. The van der Waals surface area contributed by atoms with Gasteiger partial charge in [-0.15, -0.1) is 0 Å². The summed E-state index contributed by atoms with van der Waals surface area (Å²) in [7, 11) is 0. The molecule has 0 amide bonds. The molecule has 3 aliphatic heterocycles. The van der Waals surface area contributed by atoms with E-state index in [1.165, 1.54) is 58.5 Å². The van der Waals surface area contributed by atoms with Gasteiger partial charge in [-0.25, -0.2) is 0 Å². The number of nitrogens with zero attached hydrogens (tertiary/aromatic N) is 2. The molecule has 0 aliphatic carbocycles. The Labute approximate surface area is 104 Å². The van der Waals surface area contributed by atoms with Gasteiger partial charge in [0.2, 0.25) is 0 Å². The molecular formula is C13H25N3O. The Morgan fingerprint density at radius 3 is 2.47 bits per heavy atom. The molecule has 0 spiro atoms. The van der Waals surface area contributed by atoms with E-state index in [0.717, 1.165) is 19.2 Å². The third-order valence-corrected chi connectivity index (χ3v) is 4.42. The Bertz CT molecular complexity index is 231. The van der Waals surface area contributed by atoms with Crippen molar-refractivity contribution in [1.29, 1.82) is 0 Å². The number of hydrogen-bond donors (Lipinski definition) is 1. The normalized spacial score (nSPS) is 33.5. The monoisotopic (exact) mass is 239 g/mol. The molecule has 98 valence electrons. The third-order valence-electron chi connectivity index (χ3n) is 4.42. The van der Waals surface area contributed by atoms with Crippen LogP contribution in [0.3, 0.4) is 0 Å². The number of ether oxygens (including phenoxy) is 1. The van der Waals surface area contributed by atoms with Crippen molar-refractivity contribution in [1.82, 2.24) is 15.1 Å². The molecule has 4 nitrogen and oxygen atoms in total. The summed E-state index contributed by atoms with van der Waals surface area (Å²) in [5.74, 6) is 0. The summed E-state index contributed by atoms with van der Waals surface area (Å²) in [4.78, 5) is 5.24. The highest BCUT2D eigenvalue weighted by Gasteiger charge is 2.28. The molecule has 1 N–H and O–H groups in total. The van der Waals surface area contributed by atoms with Crippen LogP contribution in [0, 0.1) is 0 Å². The molecule has 1 atom stereocenters. The second kappa shape index (κ2) is 5.65. The minimum Gasteiger partial charge on any atom is -0.377 e. The van der Waals surface area contributed by atoms with Gasteiger partial charge in [0.1, 0.15) is 0 Å². The van der Waals surface area contributed by atoms with Crippen molar-refractivity contribution < 1.29 is 4.74 Å². The van der Waals surface area contributed by atoms with Gasteiger partial charge in [0.15, 0.2) is 0 Å². The third kappa shape index (κ3) is 2.99. The standard InChI is InChI=1S/C13H25N3O/c1-2-8-17-13(3-1)11-15-4-6-16(7-5-15)12-9-14-10-12/h12-14H,1-11H2. The van der Waals surface area contributed by atoms with Crippen LogP contribution in [0.1, 0.15) is 19.3 Å². The summed E-state index contributed by atoms with van der Waals surface area (Å²) < 4.78 is 5.82. The van der Waals surface area contributed by atoms with E-state index in [1.807, 2.05) is 0 Å². The summed E-state index contributed by atoms with van der Waals surface area (Å²) in [5.41, 5.74) is 0. The van der Waals surface area contributed by atoms with Gasteiger partial charge in [0, 0.05) is 58.5 Å². The predicted molar refractivity (Wildman–Crippen MR) is 68.3 cm³/mol. The maximum Gasteiger partial charge on any atom is 0.0702 e. The zero-order valence-electron chi connectivity index (χ0n) is 10.7. The molecule has 1 unspecified atom stereocenters. The minimum atomic E-state index is 0.515. The number of hydrogen-bond acceptors (Lipinski definition) is 4. The summed E-state index contributed by atoms with van der Waals surface area (Å²) in [6, 6.07) is 0.822. The molecule has 0 aromatic carbocycles. The quantitative estimate of drug-likeness (QED) is 0.758. The van der Waals surface area contributed by atoms with Crippen molar-refractivity contribution in [2.75, 3.05) is 52.4 Å². The van der Waals surface area contributed by atoms with Crippen LogP contribution in [0.4, 0.5) is 0 Å². The van der Waals surface area contributed by atoms with Crippen molar-refractivity contribution in [3.8, 4) is 0 Å². The van der Waals surface area contributed by atoms with Crippen molar-refractivity contribution >= 4 is 0 Å². The van der Waals surface area contributed by atoms with Gasteiger partial charge in [0.05, 0.1) is 6.10 Å². The molecule has 0 radical (unpaired) electrons. The van der Waals surface area contributed by atoms with Gasteiger partial charge in [-0.1, -0.05) is 0 Å². The average molecular weight is 239 g/mol. The van der Waals surface area contributed by atoms with Gasteiger partial charge < -0.3 is 10.1 Å². The number of nitrogens with one attached hydrogen (secondary N) is 1. The van der Waals surface area contributed by atoms with E-state index in [9.17, 15) is 0 Å². The molecule has 3 heterocycles. The van der Waals surface area contributed by atoms with Crippen molar-refractivity contribution in [3.63, 3.8) is 0 Å². The lowest BCUT2D eigenvalue weighted by atomic mass is 10.1. The Balaban J connectivity index is 1.38. The minimum absolute atomic E-state index is 0.515. The van der Waals surface area contributed by atoms with E-state index in [1.54, 1.807) is 0 Å². The Kier molecular flexibility index (Phi) is 3.96. The smallest absolute Gasteiger partial charge is 0.0702 e. The first-order chi connectivity index (χ1) is 8.42. The van der Waals surface area contributed by atoms with Crippen LogP contribution >= 0.6 is 0 Å². The Morgan fingerprint density at radius 2 is 1.88 bits per heavy atom. The summed E-state index contributed by atoms with van der Waals surface area (Å²) in [5, 5.41) is 3.36. The maximum absolute atomic E-state index is 5.82. The highest BCUT2D eigenvalue weighted by atomic mass is 16.5. The second-order valence-electron chi connectivity index (χ2n) is 5.64. The fraction of sp³-hybridized carbons (Fsp3) is 1.00. The summed E-state index contributed by atoms with van der Waals surface area (Å²) in [6.45, 7) is 9.51. The lowest BCUT2D eigenvalue weighted by Gasteiger charge is -2.44. The SMILES string of the molecule is C1CCC(CN2CCN(C3CNC3)CC2)OC1. The van der Waals surface area contributed by atoms with E-state index in [2.05, 4.69) is 15.1 Å². The van der Waals surface area contributed by atoms with E-state index in [4.69, 9.17) is 4.74 Å². The van der Waals surface area contributed by atoms with E-state index < -0.39 is 0 Å². The van der Waals surface area contributed by atoms with Gasteiger partial charge in [-0.3, -0.25) is 9.80 Å². The first kappa shape index (κ1) is 11.9. The molecule has 0 aromatic rings. The van der Waals surface area contributed by atoms with Crippen LogP contribution in [0.2, 0.25) is 0 Å². The highest BCUT2D eigenvalue weighted by molar-refractivity contribution is 4.87. The average Bonchev–Trinajstić information content (AvgIpc) is 2.31. The van der Waals surface area contributed by atoms with Crippen molar-refractivity contribution in [2.45, 2.75) is 31.4 Å². The van der Waals surface area contributed by atoms with Gasteiger partial charge in [-0.05, 0) is 19.3 Å². The van der Waals surface area contributed by atoms with Crippen LogP contribution in [-0.2, 0) is 4.74 Å². The fourth-order valence-electron chi connectivity index (χ4n) is 3.08. The molecule has 0 saturated carbocycles. The summed E-state index contributed by atoms with van der Waals surface area (Å²) in [6.07, 6.45) is 4.41. The van der Waals surface area contributed by atoms with Crippen LogP contribution < -0.4 is 5.32 Å². The van der Waals surface area contributed by atoms with E-state index in [0.29, 0.717) is 6.10 Å². The zero-order chi connectivity index (χ0) is 11.5. The zero-order valence-corrected chi connectivity index (χ0v) is 10.7. The molecule has 3 fully saturated rings. The van der Waals surface area contributed by atoms with Gasteiger partial charge in [-0.2, -0.15) is 0 Å². The largest absolute Gasteiger partial charge is 0.377 e. The Hall–Kier alpha value is -0.160. The molecule has 17 heavy (non-hydrogen) atoms. The lowest BCUT2D eigenvalue weighted by molar-refractivity contribution is -0.0190. The molecule has 0 bridgehead atoms. The van der Waals surface area contributed by atoms with Gasteiger partial charge in [0.25, 0.3) is 0 Å². The molecule has 3 rings (SSSR count). The van der Waals surface area contributed by atoms with E-state index in [-0.39, 0.29) is 0 Å². The van der Waals surface area contributed by atoms with Gasteiger partial charge >= 0.3 is 0 Å². The molecule has 0 aromatic heterocycles. The molecular weight excluding hydrogens is 214 g/mol. The summed E-state index contributed by atoms with van der Waals surface area (Å²) >= 11 is 0. The number of rotatable bonds is 3. The first-order valence-corrected chi connectivity index (χ1v) is 7.20. The predicted octanol–water partition coefficient (Wildman–Crippen LogP) is 0.145. The molecule has 3 aliphatic rings. The highest BCUT2D eigenvalue weighted by Crippen LogP contribution is 2.16. The fourth-order valence-corrected chi connectivity index (χ4v) is 3.08. The maximum atomic E-state index is 5.82. The molecule has 3 saturated heterocycles. The number of piperazine rings is 1. The van der Waals surface area contributed by atoms with Crippen LogP contribution in [0.15, 0.2) is 0 Å². The van der Waals surface area contributed by atoms with Crippen molar-refractivity contribution in [2.24, 2.45) is 0 Å². The lowest BCUT2D eigenvalue weighted by Crippen LogP contribution is -2.62. The van der Waals surface area contributed by atoms with Crippen LogP contribution in [0.5, 0.6) is 0 Å². The van der Waals surface area contributed by atoms with Crippen LogP contribution in [-0.4, -0.2) is 74.4 Å². The van der Waals surface area contributed by atoms with Crippen molar-refractivity contribution in [3.05, 3.63) is 0 Å². The first-order valence-electron chi connectivity index (χ1n) is 7.20. The van der Waals surface area contributed by atoms with E-state index >= 15 is 0 Å². The topological polar surface area (TPSA) is 27.7 Å². The molecule has 4 heteroatoms. The Morgan fingerprint density at radius 1 is 1.06 bits per heavy atom.